The Labute approximate surface area is 183 Å². The van der Waals surface area contributed by atoms with Crippen molar-refractivity contribution in [3.63, 3.8) is 0 Å². The maximum atomic E-state index is 8.64. The molecule has 0 spiro atoms. The number of hydrogen-bond acceptors (Lipinski definition) is 3. The van der Waals surface area contributed by atoms with Crippen molar-refractivity contribution in [3.8, 4) is 0 Å². The van der Waals surface area contributed by atoms with E-state index in [1.807, 2.05) is 25.1 Å². The van der Waals surface area contributed by atoms with Gasteiger partial charge in [0.2, 0.25) is 0 Å². The van der Waals surface area contributed by atoms with Gasteiger partial charge in [-0.15, -0.1) is 0 Å². The van der Waals surface area contributed by atoms with Crippen LogP contribution in [0.1, 0.15) is 30.5 Å². The van der Waals surface area contributed by atoms with Crippen LogP contribution in [0, 0.1) is 13.8 Å². The minimum absolute atomic E-state index is 0. The number of halogens is 3. The Morgan fingerprint density at radius 1 is 0.885 bits per heavy atom. The average Bonchev–Trinajstić information content (AvgIpc) is 2.60. The molecule has 0 fully saturated rings. The van der Waals surface area contributed by atoms with Crippen LogP contribution in [0.2, 0.25) is 0 Å². The molecule has 0 radical (unpaired) electrons. The van der Waals surface area contributed by atoms with Gasteiger partial charge in [-0.25, -0.2) is 0 Å². The van der Waals surface area contributed by atoms with Crippen LogP contribution in [-0.4, -0.2) is 28.8 Å². The van der Waals surface area contributed by atoms with Crippen LogP contribution < -0.4 is 5.73 Å². The van der Waals surface area contributed by atoms with Gasteiger partial charge in [-0.1, -0.05) is 73.4 Å². The summed E-state index contributed by atoms with van der Waals surface area (Å²) in [6.07, 6.45) is 1.80. The Bertz CT molecular complexity index is 620. The number of alkyl halides is 1. The number of aliphatic hydroxyl groups is 2. The quantitative estimate of drug-likeness (QED) is 0.319. The van der Waals surface area contributed by atoms with Gasteiger partial charge in [-0.05, 0) is 61.6 Å². The van der Waals surface area contributed by atoms with E-state index in [-0.39, 0.29) is 20.6 Å². The maximum Gasteiger partial charge on any atom is 0.0528 e. The van der Waals surface area contributed by atoms with Crippen molar-refractivity contribution in [3.05, 3.63) is 62.0 Å². The first-order valence-electron chi connectivity index (χ1n) is 7.90. The van der Waals surface area contributed by atoms with E-state index in [1.54, 1.807) is 0 Å². The molecule has 0 aliphatic rings. The lowest BCUT2D eigenvalue weighted by Gasteiger charge is -2.02. The third-order valence-electron chi connectivity index (χ3n) is 3.14. The fraction of sp³-hybridized carbons (Fsp3) is 0.400. The zero-order valence-electron chi connectivity index (χ0n) is 14.6. The van der Waals surface area contributed by atoms with Gasteiger partial charge in [0.15, 0.2) is 0 Å². The molecule has 0 unspecified atom stereocenters. The lowest BCUT2D eigenvalue weighted by molar-refractivity contribution is 0.288. The van der Waals surface area contributed by atoms with Gasteiger partial charge in [0.25, 0.3) is 0 Å². The SMILES string of the molecule is C.Cc1ccc(CCCO)cc1Br.Cc1ccc(N)cc1Br.OCCBr. The Balaban J connectivity index is 0. The summed E-state index contributed by atoms with van der Waals surface area (Å²) in [7, 11) is 0. The molecule has 0 aromatic heterocycles. The van der Waals surface area contributed by atoms with Crippen LogP contribution in [-0.2, 0) is 6.42 Å². The van der Waals surface area contributed by atoms with Gasteiger partial charge in [-0.2, -0.15) is 0 Å². The molecule has 0 bridgehead atoms. The summed E-state index contributed by atoms with van der Waals surface area (Å²) < 4.78 is 2.22. The van der Waals surface area contributed by atoms with Crippen LogP contribution in [0.4, 0.5) is 5.69 Å². The average molecular weight is 556 g/mol. The minimum atomic E-state index is 0. The number of hydrogen-bond donors (Lipinski definition) is 3. The highest BCUT2D eigenvalue weighted by Crippen LogP contribution is 2.18. The summed E-state index contributed by atoms with van der Waals surface area (Å²) in [5, 5.41) is 17.2. The molecule has 3 nitrogen and oxygen atoms in total. The molecule has 0 aliphatic heterocycles. The highest BCUT2D eigenvalue weighted by atomic mass is 79.9. The molecule has 0 saturated carbocycles. The molecular formula is C20H30Br3NO2. The Hall–Kier alpha value is -0.400. The molecule has 6 heteroatoms. The van der Waals surface area contributed by atoms with Crippen molar-refractivity contribution < 1.29 is 10.2 Å². The third-order valence-corrected chi connectivity index (χ3v) is 5.20. The highest BCUT2D eigenvalue weighted by Gasteiger charge is 1.96. The highest BCUT2D eigenvalue weighted by molar-refractivity contribution is 9.10. The molecule has 2 aromatic rings. The van der Waals surface area contributed by atoms with E-state index in [0.717, 1.165) is 27.5 Å². The predicted molar refractivity (Wildman–Crippen MR) is 125 cm³/mol. The van der Waals surface area contributed by atoms with Gasteiger partial charge in [0.1, 0.15) is 0 Å². The Kier molecular flexibility index (Phi) is 17.9. The van der Waals surface area contributed by atoms with Crippen LogP contribution in [0.15, 0.2) is 45.3 Å². The molecule has 2 rings (SSSR count). The molecule has 0 amide bonds. The summed E-state index contributed by atoms with van der Waals surface area (Å²) in [6, 6.07) is 12.1. The summed E-state index contributed by atoms with van der Waals surface area (Å²) >= 11 is 9.84. The van der Waals surface area contributed by atoms with Crippen molar-refractivity contribution in [2.75, 3.05) is 24.3 Å². The second-order valence-electron chi connectivity index (χ2n) is 5.33. The van der Waals surface area contributed by atoms with E-state index < -0.39 is 0 Å². The first-order chi connectivity index (χ1) is 11.8. The van der Waals surface area contributed by atoms with E-state index in [2.05, 4.69) is 72.9 Å². The number of nitrogen functional groups attached to an aromatic ring is 1. The Morgan fingerprint density at radius 3 is 1.77 bits per heavy atom. The topological polar surface area (TPSA) is 66.5 Å². The number of rotatable bonds is 4. The standard InChI is InChI=1S/C10H13BrO.C7H8BrN.C2H5BrO.CH4/c1-8-4-5-9(3-2-6-12)7-10(8)11;1-5-2-3-6(9)4-7(5)8;3-1-2-4;/h4-5,7,12H,2-3,6H2,1H3;2-4H,9H2,1H3;4H,1-2H2;1H4. The molecule has 2 aromatic carbocycles. The van der Waals surface area contributed by atoms with E-state index >= 15 is 0 Å². The monoisotopic (exact) mass is 553 g/mol. The van der Waals surface area contributed by atoms with Crippen LogP contribution in [0.3, 0.4) is 0 Å². The van der Waals surface area contributed by atoms with Crippen molar-refractivity contribution in [2.45, 2.75) is 34.1 Å². The van der Waals surface area contributed by atoms with E-state index in [4.69, 9.17) is 15.9 Å². The number of aliphatic hydroxyl groups excluding tert-OH is 2. The predicted octanol–water partition coefficient (Wildman–Crippen LogP) is 6.03. The molecule has 148 valence electrons. The minimum Gasteiger partial charge on any atom is -0.399 e. The van der Waals surface area contributed by atoms with Crippen molar-refractivity contribution in [1.29, 1.82) is 0 Å². The molecule has 0 heterocycles. The van der Waals surface area contributed by atoms with Crippen LogP contribution >= 0.6 is 47.8 Å². The molecule has 0 aliphatic carbocycles. The van der Waals surface area contributed by atoms with Crippen molar-refractivity contribution in [1.82, 2.24) is 0 Å². The lowest BCUT2D eigenvalue weighted by atomic mass is 10.1. The van der Waals surface area contributed by atoms with Gasteiger partial charge in [0.05, 0.1) is 6.61 Å². The van der Waals surface area contributed by atoms with Crippen molar-refractivity contribution >= 4 is 53.5 Å². The zero-order chi connectivity index (χ0) is 19.2. The molecule has 4 N–H and O–H groups in total. The third kappa shape index (κ3) is 12.9. The number of benzene rings is 2. The molecule has 0 saturated heterocycles. The Morgan fingerprint density at radius 2 is 1.38 bits per heavy atom. The van der Waals surface area contributed by atoms with Gasteiger partial charge >= 0.3 is 0 Å². The fourth-order valence-corrected chi connectivity index (χ4v) is 2.51. The van der Waals surface area contributed by atoms with Gasteiger partial charge < -0.3 is 15.9 Å². The largest absolute Gasteiger partial charge is 0.399 e. The molecule has 0 atom stereocenters. The lowest BCUT2D eigenvalue weighted by Crippen LogP contribution is -1.89. The van der Waals surface area contributed by atoms with E-state index in [1.165, 1.54) is 16.7 Å². The second kappa shape index (κ2) is 16.8. The van der Waals surface area contributed by atoms with Crippen LogP contribution in [0.25, 0.3) is 0 Å². The second-order valence-corrected chi connectivity index (χ2v) is 7.83. The normalized spacial score (nSPS) is 9.19. The molecular weight excluding hydrogens is 526 g/mol. The number of aryl methyl sites for hydroxylation is 3. The zero-order valence-corrected chi connectivity index (χ0v) is 19.4. The maximum absolute atomic E-state index is 8.64. The smallest absolute Gasteiger partial charge is 0.0528 e. The van der Waals surface area contributed by atoms with E-state index in [9.17, 15) is 0 Å². The first kappa shape index (κ1) is 27.8. The van der Waals surface area contributed by atoms with E-state index in [0.29, 0.717) is 5.33 Å². The first-order valence-corrected chi connectivity index (χ1v) is 10.6. The fourth-order valence-electron chi connectivity index (χ4n) is 1.68. The number of anilines is 1. The summed E-state index contributed by atoms with van der Waals surface area (Å²) in [6.45, 7) is 4.61. The van der Waals surface area contributed by atoms with Crippen molar-refractivity contribution in [2.24, 2.45) is 0 Å². The molecule has 26 heavy (non-hydrogen) atoms. The van der Waals surface area contributed by atoms with Gasteiger partial charge in [0, 0.05) is 26.6 Å². The number of nitrogens with two attached hydrogens (primary N) is 1. The summed E-state index contributed by atoms with van der Waals surface area (Å²) in [5.74, 6) is 0. The van der Waals surface area contributed by atoms with Gasteiger partial charge in [-0.3, -0.25) is 0 Å². The summed E-state index contributed by atoms with van der Waals surface area (Å²) in [5.41, 5.74) is 10.0. The summed E-state index contributed by atoms with van der Waals surface area (Å²) in [4.78, 5) is 0. The van der Waals surface area contributed by atoms with Crippen LogP contribution in [0.5, 0.6) is 0 Å².